The van der Waals surface area contributed by atoms with Gasteiger partial charge in [-0.15, -0.1) is 0 Å². The van der Waals surface area contributed by atoms with Gasteiger partial charge >= 0.3 is 0 Å². The van der Waals surface area contributed by atoms with Gasteiger partial charge in [0.1, 0.15) is 5.75 Å². The zero-order valence-electron chi connectivity index (χ0n) is 8.91. The molecule has 3 heteroatoms. The van der Waals surface area contributed by atoms with Gasteiger partial charge in [0.05, 0.1) is 13.2 Å². The van der Waals surface area contributed by atoms with Crippen LogP contribution in [-0.2, 0) is 4.74 Å². The van der Waals surface area contributed by atoms with E-state index in [4.69, 9.17) is 9.47 Å². The Morgan fingerprint density at radius 2 is 2.00 bits per heavy atom. The highest BCUT2D eigenvalue weighted by molar-refractivity contribution is 5.35. The van der Waals surface area contributed by atoms with E-state index in [1.54, 1.807) is 14.2 Å². The van der Waals surface area contributed by atoms with Crippen molar-refractivity contribution >= 4 is 0 Å². The lowest BCUT2D eigenvalue weighted by molar-refractivity contribution is 0.102. The van der Waals surface area contributed by atoms with Gasteiger partial charge in [-0.2, -0.15) is 0 Å². The summed E-state index contributed by atoms with van der Waals surface area (Å²) in [4.78, 5) is 0. The van der Waals surface area contributed by atoms with Crippen molar-refractivity contribution in [2.24, 2.45) is 0 Å². The smallest absolute Gasteiger partial charge is 0.124 e. The summed E-state index contributed by atoms with van der Waals surface area (Å²) >= 11 is 0. The standard InChI is InChI=1S/C11H17NO2/c1-12-8-11(14-3)9-6-4-5-7-10(9)13-2/h4-7,11-12H,8H2,1-3H3. The molecule has 0 fully saturated rings. The molecule has 3 nitrogen and oxygen atoms in total. The first-order chi connectivity index (χ1) is 6.83. The molecule has 0 aliphatic carbocycles. The minimum atomic E-state index is 0.0381. The van der Waals surface area contributed by atoms with Crippen LogP contribution in [0.15, 0.2) is 24.3 Å². The number of hydrogen-bond acceptors (Lipinski definition) is 3. The topological polar surface area (TPSA) is 30.5 Å². The molecule has 0 saturated carbocycles. The van der Waals surface area contributed by atoms with Gasteiger partial charge in [-0.1, -0.05) is 18.2 Å². The summed E-state index contributed by atoms with van der Waals surface area (Å²) in [6, 6.07) is 7.90. The summed E-state index contributed by atoms with van der Waals surface area (Å²) in [7, 11) is 5.28. The molecule has 14 heavy (non-hydrogen) atoms. The van der Waals surface area contributed by atoms with E-state index in [2.05, 4.69) is 5.32 Å². The molecular weight excluding hydrogens is 178 g/mol. The highest BCUT2D eigenvalue weighted by Gasteiger charge is 2.13. The van der Waals surface area contributed by atoms with Gasteiger partial charge in [-0.25, -0.2) is 0 Å². The summed E-state index contributed by atoms with van der Waals surface area (Å²) in [5, 5.41) is 3.09. The van der Waals surface area contributed by atoms with Crippen LogP contribution in [0.5, 0.6) is 5.75 Å². The third-order valence-corrected chi connectivity index (χ3v) is 2.16. The van der Waals surface area contributed by atoms with Gasteiger partial charge in [0.2, 0.25) is 0 Å². The van der Waals surface area contributed by atoms with E-state index >= 15 is 0 Å². The highest BCUT2D eigenvalue weighted by atomic mass is 16.5. The molecule has 1 atom stereocenters. The Balaban J connectivity index is 2.90. The summed E-state index contributed by atoms with van der Waals surface area (Å²) < 4.78 is 10.6. The fourth-order valence-electron chi connectivity index (χ4n) is 1.44. The number of hydrogen-bond donors (Lipinski definition) is 1. The monoisotopic (exact) mass is 195 g/mol. The van der Waals surface area contributed by atoms with Gasteiger partial charge in [0, 0.05) is 19.2 Å². The van der Waals surface area contributed by atoms with Crippen molar-refractivity contribution in [3.63, 3.8) is 0 Å². The van der Waals surface area contributed by atoms with E-state index < -0.39 is 0 Å². The van der Waals surface area contributed by atoms with E-state index in [-0.39, 0.29) is 6.10 Å². The maximum absolute atomic E-state index is 5.38. The highest BCUT2D eigenvalue weighted by Crippen LogP contribution is 2.26. The van der Waals surface area contributed by atoms with E-state index in [1.807, 2.05) is 31.3 Å². The number of ether oxygens (including phenoxy) is 2. The maximum Gasteiger partial charge on any atom is 0.124 e. The average Bonchev–Trinajstić information content (AvgIpc) is 2.26. The van der Waals surface area contributed by atoms with Crippen molar-refractivity contribution in [1.82, 2.24) is 5.32 Å². The average molecular weight is 195 g/mol. The summed E-state index contributed by atoms with van der Waals surface area (Å²) in [5.41, 5.74) is 1.08. The number of likely N-dealkylation sites (N-methyl/N-ethyl adjacent to an activating group) is 1. The molecule has 0 amide bonds. The zero-order valence-corrected chi connectivity index (χ0v) is 8.91. The Kier molecular flexibility index (Phi) is 4.43. The van der Waals surface area contributed by atoms with Crippen molar-refractivity contribution in [1.29, 1.82) is 0 Å². The fourth-order valence-corrected chi connectivity index (χ4v) is 1.44. The molecule has 0 heterocycles. The van der Waals surface area contributed by atoms with Crippen LogP contribution in [0.2, 0.25) is 0 Å². The molecular formula is C11H17NO2. The number of methoxy groups -OCH3 is 2. The Bertz CT molecular complexity index is 276. The van der Waals surface area contributed by atoms with Crippen molar-refractivity contribution in [3.8, 4) is 5.75 Å². The molecule has 0 aliphatic rings. The van der Waals surface area contributed by atoms with Crippen LogP contribution >= 0.6 is 0 Å². The Morgan fingerprint density at radius 3 is 2.57 bits per heavy atom. The lowest BCUT2D eigenvalue weighted by Gasteiger charge is -2.17. The second-order valence-electron chi connectivity index (χ2n) is 3.02. The molecule has 0 radical (unpaired) electrons. The molecule has 0 aliphatic heterocycles. The number of nitrogens with one attached hydrogen (secondary N) is 1. The predicted octanol–water partition coefficient (Wildman–Crippen LogP) is 1.60. The molecule has 1 unspecified atom stereocenters. The van der Waals surface area contributed by atoms with Crippen molar-refractivity contribution in [2.75, 3.05) is 27.8 Å². The van der Waals surface area contributed by atoms with Crippen LogP contribution in [0.1, 0.15) is 11.7 Å². The van der Waals surface area contributed by atoms with Crippen molar-refractivity contribution < 1.29 is 9.47 Å². The normalized spacial score (nSPS) is 12.5. The SMILES string of the molecule is CNCC(OC)c1ccccc1OC. The molecule has 1 aromatic rings. The van der Waals surface area contributed by atoms with Gasteiger partial charge in [-0.05, 0) is 13.1 Å². The molecule has 0 bridgehead atoms. The summed E-state index contributed by atoms with van der Waals surface area (Å²) in [5.74, 6) is 0.870. The molecule has 1 N–H and O–H groups in total. The molecule has 78 valence electrons. The number of rotatable bonds is 5. The van der Waals surface area contributed by atoms with Crippen LogP contribution in [0.25, 0.3) is 0 Å². The fraction of sp³-hybridized carbons (Fsp3) is 0.455. The number of para-hydroxylation sites is 1. The Morgan fingerprint density at radius 1 is 1.29 bits per heavy atom. The van der Waals surface area contributed by atoms with Gasteiger partial charge in [0.25, 0.3) is 0 Å². The summed E-state index contributed by atoms with van der Waals surface area (Å²) in [6.45, 7) is 0.775. The second kappa shape index (κ2) is 5.62. The van der Waals surface area contributed by atoms with E-state index in [1.165, 1.54) is 0 Å². The van der Waals surface area contributed by atoms with Crippen LogP contribution in [0, 0.1) is 0 Å². The lowest BCUT2D eigenvalue weighted by atomic mass is 10.1. The third-order valence-electron chi connectivity index (χ3n) is 2.16. The molecule has 1 aromatic carbocycles. The molecule has 0 saturated heterocycles. The Hall–Kier alpha value is -1.06. The van der Waals surface area contributed by atoms with Crippen LogP contribution in [0.4, 0.5) is 0 Å². The van der Waals surface area contributed by atoms with E-state index in [0.29, 0.717) is 0 Å². The van der Waals surface area contributed by atoms with Crippen LogP contribution in [-0.4, -0.2) is 27.8 Å². The third kappa shape index (κ3) is 2.47. The van der Waals surface area contributed by atoms with Gasteiger partial charge in [-0.3, -0.25) is 0 Å². The Labute approximate surface area is 85.0 Å². The molecule has 0 aromatic heterocycles. The summed E-state index contributed by atoms with van der Waals surface area (Å²) in [6.07, 6.45) is 0.0381. The first-order valence-electron chi connectivity index (χ1n) is 4.63. The van der Waals surface area contributed by atoms with Gasteiger partial charge in [0.15, 0.2) is 0 Å². The molecule has 1 rings (SSSR count). The first kappa shape index (κ1) is 11.0. The van der Waals surface area contributed by atoms with Gasteiger partial charge < -0.3 is 14.8 Å². The largest absolute Gasteiger partial charge is 0.496 e. The second-order valence-corrected chi connectivity index (χ2v) is 3.02. The zero-order chi connectivity index (χ0) is 10.4. The number of benzene rings is 1. The van der Waals surface area contributed by atoms with Crippen molar-refractivity contribution in [2.45, 2.75) is 6.10 Å². The van der Waals surface area contributed by atoms with Crippen LogP contribution < -0.4 is 10.1 Å². The van der Waals surface area contributed by atoms with Crippen LogP contribution in [0.3, 0.4) is 0 Å². The first-order valence-corrected chi connectivity index (χ1v) is 4.63. The van der Waals surface area contributed by atoms with E-state index in [9.17, 15) is 0 Å². The molecule has 0 spiro atoms. The predicted molar refractivity (Wildman–Crippen MR) is 56.7 cm³/mol. The van der Waals surface area contributed by atoms with Crippen molar-refractivity contribution in [3.05, 3.63) is 29.8 Å². The van der Waals surface area contributed by atoms with E-state index in [0.717, 1.165) is 17.9 Å². The maximum atomic E-state index is 5.38. The lowest BCUT2D eigenvalue weighted by Crippen LogP contribution is -2.19. The minimum Gasteiger partial charge on any atom is -0.496 e. The quantitative estimate of drug-likeness (QED) is 0.774. The minimum absolute atomic E-state index is 0.0381.